The Morgan fingerprint density at radius 1 is 1.08 bits per heavy atom. The van der Waals surface area contributed by atoms with Gasteiger partial charge in [-0.2, -0.15) is 13.2 Å². The van der Waals surface area contributed by atoms with Gasteiger partial charge in [-0.05, 0) is 42.5 Å². The van der Waals surface area contributed by atoms with E-state index in [0.717, 1.165) is 6.07 Å². The van der Waals surface area contributed by atoms with Gasteiger partial charge in [-0.15, -0.1) is 0 Å². The quantitative estimate of drug-likeness (QED) is 0.820. The van der Waals surface area contributed by atoms with Crippen molar-refractivity contribution < 1.29 is 31.9 Å². The number of carbonyl (C=O) groups is 2. The lowest BCUT2D eigenvalue weighted by molar-refractivity contribution is -0.140. The van der Waals surface area contributed by atoms with E-state index < -0.39 is 29.6 Å². The number of nitrogens with one attached hydrogen (secondary N) is 1. The summed E-state index contributed by atoms with van der Waals surface area (Å²) in [4.78, 5) is 24.7. The zero-order valence-corrected chi connectivity index (χ0v) is 13.7. The molecular weight excluding hydrogens is 356 g/mol. The summed E-state index contributed by atoms with van der Waals surface area (Å²) in [5.41, 5.74) is -1.08. The van der Waals surface area contributed by atoms with Crippen LogP contribution in [0.3, 0.4) is 0 Å². The monoisotopic (exact) mass is 370 g/mol. The van der Waals surface area contributed by atoms with E-state index in [1.807, 2.05) is 0 Å². The van der Waals surface area contributed by atoms with Gasteiger partial charge in [0.2, 0.25) is 0 Å². The molecule has 2 aromatic carbocycles. The van der Waals surface area contributed by atoms with Crippen LogP contribution in [0.15, 0.2) is 42.5 Å². The number of halogens is 4. The van der Waals surface area contributed by atoms with Gasteiger partial charge in [0.05, 0.1) is 12.7 Å². The largest absolute Gasteiger partial charge is 0.452 e. The van der Waals surface area contributed by atoms with E-state index in [2.05, 4.69) is 10.1 Å². The first-order chi connectivity index (χ1) is 12.1. The number of hydrogen-bond acceptors (Lipinski definition) is 3. The van der Waals surface area contributed by atoms with Crippen LogP contribution < -0.4 is 10.2 Å². The van der Waals surface area contributed by atoms with Crippen LogP contribution in [0.4, 0.5) is 33.7 Å². The van der Waals surface area contributed by atoms with Gasteiger partial charge >= 0.3 is 12.3 Å². The number of methoxy groups -OCH3 is 1. The van der Waals surface area contributed by atoms with Gasteiger partial charge in [0.15, 0.2) is 0 Å². The van der Waals surface area contributed by atoms with Crippen LogP contribution in [-0.2, 0) is 10.9 Å². The standard InChI is InChI=1S/C17H14F4N2O3/c1-23(16(25)26-2)12-6-4-11(5-7-12)22-15(24)10-3-8-14(18)13(9-10)17(19,20)21/h3-9H,1-2H3,(H,22,24). The average Bonchev–Trinajstić information content (AvgIpc) is 2.60. The van der Waals surface area contributed by atoms with Gasteiger partial charge < -0.3 is 10.1 Å². The predicted octanol–water partition coefficient (Wildman–Crippen LogP) is 4.30. The molecule has 0 saturated heterocycles. The molecule has 9 heteroatoms. The van der Waals surface area contributed by atoms with E-state index in [4.69, 9.17) is 0 Å². The van der Waals surface area contributed by atoms with E-state index in [0.29, 0.717) is 17.8 Å². The number of alkyl halides is 3. The van der Waals surface area contributed by atoms with Gasteiger partial charge in [-0.3, -0.25) is 9.69 Å². The molecule has 5 nitrogen and oxygen atoms in total. The molecule has 1 N–H and O–H groups in total. The van der Waals surface area contributed by atoms with E-state index in [-0.39, 0.29) is 11.3 Å². The third-order valence-electron chi connectivity index (χ3n) is 3.49. The number of anilines is 2. The highest BCUT2D eigenvalue weighted by atomic mass is 19.4. The molecule has 0 heterocycles. The van der Waals surface area contributed by atoms with E-state index >= 15 is 0 Å². The minimum atomic E-state index is -4.90. The van der Waals surface area contributed by atoms with Gasteiger partial charge in [-0.25, -0.2) is 9.18 Å². The normalized spacial score (nSPS) is 11.0. The first-order valence-corrected chi connectivity index (χ1v) is 7.23. The Labute approximate surface area is 146 Å². The number of benzene rings is 2. The number of ether oxygens (including phenoxy) is 1. The lowest BCUT2D eigenvalue weighted by Gasteiger charge is -2.16. The summed E-state index contributed by atoms with van der Waals surface area (Å²) in [5.74, 6) is -2.28. The third kappa shape index (κ3) is 4.29. The van der Waals surface area contributed by atoms with Gasteiger partial charge in [0.1, 0.15) is 5.82 Å². The number of rotatable bonds is 3. The zero-order valence-electron chi connectivity index (χ0n) is 13.7. The van der Waals surface area contributed by atoms with E-state index in [1.165, 1.54) is 43.3 Å². The summed E-state index contributed by atoms with van der Waals surface area (Å²) in [7, 11) is 2.71. The SMILES string of the molecule is COC(=O)N(C)c1ccc(NC(=O)c2ccc(F)c(C(F)(F)F)c2)cc1. The molecule has 0 atom stereocenters. The average molecular weight is 370 g/mol. The number of nitrogens with zero attached hydrogens (tertiary/aromatic N) is 1. The molecular formula is C17H14F4N2O3. The maximum absolute atomic E-state index is 13.3. The summed E-state index contributed by atoms with van der Waals surface area (Å²) in [5, 5.41) is 2.40. The van der Waals surface area contributed by atoms with Crippen molar-refractivity contribution in [1.82, 2.24) is 0 Å². The van der Waals surface area contributed by atoms with Crippen LogP contribution >= 0.6 is 0 Å². The summed E-state index contributed by atoms with van der Waals surface area (Å²) >= 11 is 0. The zero-order chi connectivity index (χ0) is 19.5. The van der Waals surface area contributed by atoms with Crippen molar-refractivity contribution >= 4 is 23.4 Å². The predicted molar refractivity (Wildman–Crippen MR) is 86.6 cm³/mol. The topological polar surface area (TPSA) is 58.6 Å². The van der Waals surface area contributed by atoms with E-state index in [9.17, 15) is 27.2 Å². The van der Waals surface area contributed by atoms with Crippen LogP contribution in [0.2, 0.25) is 0 Å². The lowest BCUT2D eigenvalue weighted by Crippen LogP contribution is -2.25. The van der Waals surface area contributed by atoms with Crippen molar-refractivity contribution in [1.29, 1.82) is 0 Å². The lowest BCUT2D eigenvalue weighted by atomic mass is 10.1. The minimum absolute atomic E-state index is 0.287. The first-order valence-electron chi connectivity index (χ1n) is 7.23. The molecule has 0 unspecified atom stereocenters. The molecule has 138 valence electrons. The fraction of sp³-hybridized carbons (Fsp3) is 0.176. The molecule has 0 aromatic heterocycles. The second-order valence-corrected chi connectivity index (χ2v) is 5.22. The molecule has 0 aliphatic rings. The van der Waals surface area contributed by atoms with Crippen molar-refractivity contribution in [2.24, 2.45) is 0 Å². The van der Waals surface area contributed by atoms with Gasteiger partial charge in [-0.1, -0.05) is 0 Å². The third-order valence-corrected chi connectivity index (χ3v) is 3.49. The molecule has 0 spiro atoms. The fourth-order valence-corrected chi connectivity index (χ4v) is 2.10. The van der Waals surface area contributed by atoms with Crippen LogP contribution in [0.25, 0.3) is 0 Å². The Hall–Kier alpha value is -3.10. The summed E-state index contributed by atoms with van der Waals surface area (Å²) in [6.07, 6.45) is -5.49. The first kappa shape index (κ1) is 19.2. The summed E-state index contributed by atoms with van der Waals surface area (Å²) < 4.78 is 56.0. The molecule has 0 saturated carbocycles. The highest BCUT2D eigenvalue weighted by Crippen LogP contribution is 2.32. The molecule has 0 fully saturated rings. The molecule has 2 amide bonds. The van der Waals surface area contributed by atoms with E-state index in [1.54, 1.807) is 0 Å². The number of carbonyl (C=O) groups excluding carboxylic acids is 2. The summed E-state index contributed by atoms with van der Waals surface area (Å²) in [6, 6.07) is 7.94. The number of hydrogen-bond donors (Lipinski definition) is 1. The molecule has 0 aliphatic carbocycles. The fourth-order valence-electron chi connectivity index (χ4n) is 2.10. The van der Waals surface area contributed by atoms with Crippen LogP contribution in [0.5, 0.6) is 0 Å². The molecule has 2 rings (SSSR count). The second kappa shape index (κ2) is 7.42. The van der Waals surface area contributed by atoms with Crippen LogP contribution in [-0.4, -0.2) is 26.2 Å². The van der Waals surface area contributed by atoms with Crippen molar-refractivity contribution in [3.63, 3.8) is 0 Å². The Balaban J connectivity index is 2.17. The van der Waals surface area contributed by atoms with Crippen LogP contribution in [0, 0.1) is 5.82 Å². The molecule has 2 aromatic rings. The Morgan fingerprint density at radius 3 is 2.23 bits per heavy atom. The molecule has 0 aliphatic heterocycles. The van der Waals surface area contributed by atoms with Gasteiger partial charge in [0.25, 0.3) is 5.91 Å². The smallest absolute Gasteiger partial charge is 0.419 e. The van der Waals surface area contributed by atoms with Crippen LogP contribution in [0.1, 0.15) is 15.9 Å². The second-order valence-electron chi connectivity index (χ2n) is 5.22. The maximum atomic E-state index is 13.3. The highest BCUT2D eigenvalue weighted by molar-refractivity contribution is 6.04. The Morgan fingerprint density at radius 2 is 1.69 bits per heavy atom. The highest BCUT2D eigenvalue weighted by Gasteiger charge is 2.34. The van der Waals surface area contributed by atoms with Crippen molar-refractivity contribution in [3.05, 3.63) is 59.4 Å². The molecule has 0 bridgehead atoms. The van der Waals surface area contributed by atoms with Crippen molar-refractivity contribution in [2.45, 2.75) is 6.18 Å². The van der Waals surface area contributed by atoms with Crippen molar-refractivity contribution in [2.75, 3.05) is 24.4 Å². The van der Waals surface area contributed by atoms with Gasteiger partial charge in [0, 0.05) is 24.0 Å². The number of amides is 2. The Bertz CT molecular complexity index is 820. The van der Waals surface area contributed by atoms with Crippen molar-refractivity contribution in [3.8, 4) is 0 Å². The molecule has 0 radical (unpaired) electrons. The summed E-state index contributed by atoms with van der Waals surface area (Å²) in [6.45, 7) is 0. The Kier molecular flexibility index (Phi) is 5.49. The molecule has 26 heavy (non-hydrogen) atoms. The minimum Gasteiger partial charge on any atom is -0.452 e. The maximum Gasteiger partial charge on any atom is 0.419 e.